The number of fused-ring (bicyclic) bond motifs is 1. The van der Waals surface area contributed by atoms with E-state index in [9.17, 15) is 0 Å². The molecule has 20 heavy (non-hydrogen) atoms. The predicted octanol–water partition coefficient (Wildman–Crippen LogP) is 1.06. The molecule has 0 spiro atoms. The summed E-state index contributed by atoms with van der Waals surface area (Å²) in [6.07, 6.45) is 8.10. The van der Waals surface area contributed by atoms with Crippen molar-refractivity contribution in [3.63, 3.8) is 0 Å². The summed E-state index contributed by atoms with van der Waals surface area (Å²) in [4.78, 5) is 16.9. The third-order valence-corrected chi connectivity index (χ3v) is 2.46. The fourth-order valence-corrected chi connectivity index (χ4v) is 1.65. The summed E-state index contributed by atoms with van der Waals surface area (Å²) in [7, 11) is 0. The lowest BCUT2D eigenvalue weighted by atomic mass is 10.3. The summed E-state index contributed by atoms with van der Waals surface area (Å²) in [6, 6.07) is 0. The summed E-state index contributed by atoms with van der Waals surface area (Å²) in [6.45, 7) is 9.57. The van der Waals surface area contributed by atoms with Crippen molar-refractivity contribution in [1.29, 1.82) is 0 Å². The Bertz CT molecular complexity index is 752. The number of hydrogen-bond acceptors (Lipinski definition) is 5. The van der Waals surface area contributed by atoms with Crippen molar-refractivity contribution in [1.82, 2.24) is 9.97 Å². The number of rotatable bonds is 2. The van der Waals surface area contributed by atoms with Crippen LogP contribution >= 0.6 is 0 Å². The van der Waals surface area contributed by atoms with Gasteiger partial charge in [-0.3, -0.25) is 9.98 Å². The molecule has 1 aromatic rings. The first kappa shape index (κ1) is 13.6. The highest BCUT2D eigenvalue weighted by Crippen LogP contribution is 2.14. The Balaban J connectivity index is 2.64. The molecule has 0 radical (unpaired) electrons. The smallest absolute Gasteiger partial charge is 0.158 e. The van der Waals surface area contributed by atoms with Crippen LogP contribution in [0.3, 0.4) is 0 Å². The second-order valence-electron chi connectivity index (χ2n) is 3.87. The maximum atomic E-state index is 5.67. The maximum absolute atomic E-state index is 5.67. The van der Waals surface area contributed by atoms with E-state index in [-0.39, 0.29) is 0 Å². The van der Waals surface area contributed by atoms with Crippen molar-refractivity contribution < 1.29 is 4.74 Å². The lowest BCUT2D eigenvalue weighted by Gasteiger charge is -2.07. The van der Waals surface area contributed by atoms with Gasteiger partial charge in [0, 0.05) is 18.4 Å². The van der Waals surface area contributed by atoms with Gasteiger partial charge in [0.1, 0.15) is 23.1 Å². The summed E-state index contributed by atoms with van der Waals surface area (Å²) >= 11 is 0. The monoisotopic (exact) mass is 266 g/mol. The number of allylic oxidation sites excluding steroid dienone is 2. The fourth-order valence-electron chi connectivity index (χ4n) is 1.65. The SMILES string of the molecule is C=C=C/C1=C(\N=C/C)C/N=c2/cncn/c2=C/C(=C)O1. The number of ether oxygens (including phenoxy) is 1. The minimum atomic E-state index is 0.347. The van der Waals surface area contributed by atoms with Gasteiger partial charge in [0.25, 0.3) is 0 Å². The average molecular weight is 266 g/mol. The molecule has 0 amide bonds. The van der Waals surface area contributed by atoms with Crippen molar-refractivity contribution in [3.8, 4) is 0 Å². The maximum Gasteiger partial charge on any atom is 0.158 e. The molecule has 2 heterocycles. The van der Waals surface area contributed by atoms with Crippen LogP contribution in [0.2, 0.25) is 0 Å². The van der Waals surface area contributed by atoms with Crippen LogP contribution in [0.15, 0.2) is 64.7 Å². The van der Waals surface area contributed by atoms with E-state index >= 15 is 0 Å². The fraction of sp³-hybridized carbons (Fsp3) is 0.133. The van der Waals surface area contributed by atoms with E-state index in [4.69, 9.17) is 4.74 Å². The zero-order chi connectivity index (χ0) is 14.4. The second-order valence-corrected chi connectivity index (χ2v) is 3.87. The topological polar surface area (TPSA) is 59.7 Å². The molecule has 5 heteroatoms. The third-order valence-electron chi connectivity index (χ3n) is 2.46. The largest absolute Gasteiger partial charge is 0.455 e. The first-order valence-electron chi connectivity index (χ1n) is 6.01. The van der Waals surface area contributed by atoms with Crippen LogP contribution in [0.1, 0.15) is 6.92 Å². The molecule has 100 valence electrons. The van der Waals surface area contributed by atoms with Crippen LogP contribution in [0.5, 0.6) is 0 Å². The Morgan fingerprint density at radius 2 is 2.35 bits per heavy atom. The van der Waals surface area contributed by atoms with E-state index in [0.717, 1.165) is 0 Å². The van der Waals surface area contributed by atoms with Gasteiger partial charge in [0.05, 0.1) is 18.1 Å². The van der Waals surface area contributed by atoms with Crippen molar-refractivity contribution in [3.05, 3.63) is 65.4 Å². The zero-order valence-corrected chi connectivity index (χ0v) is 11.2. The van der Waals surface area contributed by atoms with Gasteiger partial charge >= 0.3 is 0 Å². The van der Waals surface area contributed by atoms with Gasteiger partial charge in [-0.1, -0.05) is 13.2 Å². The molecule has 0 atom stereocenters. The van der Waals surface area contributed by atoms with Gasteiger partial charge in [-0.2, -0.15) is 0 Å². The summed E-state index contributed by atoms with van der Waals surface area (Å²) < 4.78 is 5.67. The van der Waals surface area contributed by atoms with E-state index in [1.807, 2.05) is 6.92 Å². The summed E-state index contributed by atoms with van der Waals surface area (Å²) in [5.74, 6) is 0.955. The molecule has 1 aliphatic rings. The lowest BCUT2D eigenvalue weighted by Crippen LogP contribution is -2.29. The van der Waals surface area contributed by atoms with Crippen molar-refractivity contribution in [2.75, 3.05) is 6.54 Å². The number of hydrogen-bond donors (Lipinski definition) is 0. The zero-order valence-electron chi connectivity index (χ0n) is 11.2. The molecule has 0 saturated carbocycles. The Labute approximate surface area is 116 Å². The van der Waals surface area contributed by atoms with Gasteiger partial charge in [-0.05, 0) is 6.92 Å². The third kappa shape index (κ3) is 3.16. The first-order valence-corrected chi connectivity index (χ1v) is 6.01. The van der Waals surface area contributed by atoms with Crippen LogP contribution < -0.4 is 10.7 Å². The van der Waals surface area contributed by atoms with E-state index in [1.165, 1.54) is 6.33 Å². The van der Waals surface area contributed by atoms with Gasteiger partial charge < -0.3 is 4.74 Å². The second kappa shape index (κ2) is 6.41. The molecule has 2 rings (SSSR count). The Morgan fingerprint density at radius 3 is 3.10 bits per heavy atom. The number of nitrogens with zero attached hydrogens (tertiary/aromatic N) is 4. The summed E-state index contributed by atoms with van der Waals surface area (Å²) in [5, 5.41) is 1.33. The van der Waals surface area contributed by atoms with E-state index in [2.05, 4.69) is 38.8 Å². The molecule has 0 bridgehead atoms. The quantitative estimate of drug-likeness (QED) is 0.594. The molecule has 5 nitrogen and oxygen atoms in total. The highest BCUT2D eigenvalue weighted by atomic mass is 16.5. The molecule has 0 aromatic carbocycles. The summed E-state index contributed by atoms with van der Waals surface area (Å²) in [5.41, 5.74) is 3.34. The van der Waals surface area contributed by atoms with Crippen LogP contribution in [0.25, 0.3) is 6.08 Å². The Morgan fingerprint density at radius 1 is 1.50 bits per heavy atom. The number of aliphatic imine (C=N–C) groups is 1. The van der Waals surface area contributed by atoms with Gasteiger partial charge in [-0.25, -0.2) is 9.97 Å². The average Bonchev–Trinajstić information content (AvgIpc) is 2.49. The molecule has 0 saturated heterocycles. The Kier molecular flexibility index (Phi) is 4.37. The molecule has 0 unspecified atom stereocenters. The number of aromatic nitrogens is 2. The van der Waals surface area contributed by atoms with Gasteiger partial charge in [0.15, 0.2) is 5.76 Å². The first-order chi connectivity index (χ1) is 9.74. The van der Waals surface area contributed by atoms with E-state index in [0.29, 0.717) is 34.5 Å². The lowest BCUT2D eigenvalue weighted by molar-refractivity contribution is 0.339. The predicted molar refractivity (Wildman–Crippen MR) is 77.3 cm³/mol. The van der Waals surface area contributed by atoms with Gasteiger partial charge in [-0.15, -0.1) is 5.73 Å². The molecule has 1 aliphatic heterocycles. The minimum absolute atomic E-state index is 0.347. The van der Waals surface area contributed by atoms with Crippen LogP contribution in [0.4, 0.5) is 0 Å². The van der Waals surface area contributed by atoms with Crippen LogP contribution in [0, 0.1) is 0 Å². The van der Waals surface area contributed by atoms with E-state index < -0.39 is 0 Å². The van der Waals surface area contributed by atoms with E-state index in [1.54, 1.807) is 24.6 Å². The molecular formula is C15H14N4O. The normalized spacial score (nSPS) is 21.9. The van der Waals surface area contributed by atoms with Crippen LogP contribution in [-0.4, -0.2) is 22.7 Å². The van der Waals surface area contributed by atoms with Crippen molar-refractivity contribution in [2.45, 2.75) is 6.92 Å². The molecule has 0 fully saturated rings. The highest BCUT2D eigenvalue weighted by Gasteiger charge is 2.07. The molecule has 0 N–H and O–H groups in total. The van der Waals surface area contributed by atoms with Crippen molar-refractivity contribution >= 4 is 12.3 Å². The standard InChI is InChI=1S/C15H14N4O/c1-4-6-15-14(17-5-2)9-18-13-8-16-10-19-12(13)7-11(3)20-15/h5-8,10H,1,3,9H2,2H3/b12-7+,15-14+,17-5-,18-13-. The van der Waals surface area contributed by atoms with Crippen LogP contribution in [-0.2, 0) is 4.74 Å². The minimum Gasteiger partial charge on any atom is -0.455 e. The van der Waals surface area contributed by atoms with Gasteiger partial charge in [0.2, 0.25) is 0 Å². The molecule has 1 aromatic heterocycles. The Hall–Kier alpha value is -2.78. The highest BCUT2D eigenvalue weighted by molar-refractivity contribution is 5.56. The van der Waals surface area contributed by atoms with Crippen molar-refractivity contribution in [2.24, 2.45) is 9.98 Å². The molecular weight excluding hydrogens is 252 g/mol. The molecule has 0 aliphatic carbocycles.